The molecule has 3 aliphatic carbocycles. The Morgan fingerprint density at radius 3 is 2.54 bits per heavy atom. The van der Waals surface area contributed by atoms with Crippen molar-refractivity contribution in [2.24, 2.45) is 34.0 Å². The summed E-state index contributed by atoms with van der Waals surface area (Å²) < 4.78 is 4.83. The first-order valence-electron chi connectivity index (χ1n) is 11.0. The lowest BCUT2D eigenvalue weighted by Crippen LogP contribution is -2.57. The molecule has 28 heavy (non-hydrogen) atoms. The van der Waals surface area contributed by atoms with Crippen LogP contribution in [0.15, 0.2) is 36.0 Å². The summed E-state index contributed by atoms with van der Waals surface area (Å²) in [6.45, 7) is 14.5. The Bertz CT molecular complexity index is 745. The van der Waals surface area contributed by atoms with Gasteiger partial charge in [-0.25, -0.2) is 4.79 Å². The minimum absolute atomic E-state index is 0.194. The molecule has 4 rings (SSSR count). The minimum Gasteiger partial charge on any atom is -0.428 e. The van der Waals surface area contributed by atoms with Gasteiger partial charge in [-0.15, -0.1) is 0 Å². The van der Waals surface area contributed by atoms with Crippen LogP contribution >= 0.6 is 0 Å². The van der Waals surface area contributed by atoms with E-state index in [0.717, 1.165) is 12.3 Å². The molecule has 0 radical (unpaired) electrons. The first kappa shape index (κ1) is 19.9. The Hall–Kier alpha value is -1.35. The van der Waals surface area contributed by atoms with Crippen LogP contribution in [-0.2, 0) is 9.53 Å². The van der Waals surface area contributed by atoms with Crippen LogP contribution in [-0.4, -0.2) is 17.4 Å². The number of cyclic esters (lactones) is 1. The van der Waals surface area contributed by atoms with Crippen molar-refractivity contribution in [3.63, 3.8) is 0 Å². The first-order valence-corrected chi connectivity index (χ1v) is 11.0. The molecule has 3 fully saturated rings. The number of esters is 1. The van der Waals surface area contributed by atoms with Crippen LogP contribution in [0.1, 0.15) is 72.6 Å². The Morgan fingerprint density at radius 1 is 1.11 bits per heavy atom. The van der Waals surface area contributed by atoms with Crippen molar-refractivity contribution in [3.05, 3.63) is 36.0 Å². The summed E-state index contributed by atoms with van der Waals surface area (Å²) in [5.74, 6) is 1.32. The van der Waals surface area contributed by atoms with Gasteiger partial charge in [0.2, 0.25) is 6.29 Å². The van der Waals surface area contributed by atoms with E-state index in [1.54, 1.807) is 0 Å². The van der Waals surface area contributed by atoms with E-state index >= 15 is 0 Å². The van der Waals surface area contributed by atoms with Crippen molar-refractivity contribution >= 4 is 5.97 Å². The molecule has 0 saturated heterocycles. The van der Waals surface area contributed by atoms with Crippen LogP contribution in [0.3, 0.4) is 0 Å². The van der Waals surface area contributed by atoms with Gasteiger partial charge >= 0.3 is 5.97 Å². The largest absolute Gasteiger partial charge is 0.428 e. The van der Waals surface area contributed by atoms with Gasteiger partial charge in [0.15, 0.2) is 0 Å². The summed E-state index contributed by atoms with van der Waals surface area (Å²) >= 11 is 0. The number of carbonyl (C=O) groups excluding carboxylic acids is 1. The smallest absolute Gasteiger partial charge is 0.333 e. The minimum atomic E-state index is -1.13. The summed E-state index contributed by atoms with van der Waals surface area (Å²) in [6.07, 6.45) is 13.3. The van der Waals surface area contributed by atoms with E-state index in [0.29, 0.717) is 22.3 Å². The fourth-order valence-electron chi connectivity index (χ4n) is 7.78. The molecule has 1 heterocycles. The monoisotopic (exact) mass is 384 g/mol. The van der Waals surface area contributed by atoms with Crippen molar-refractivity contribution in [2.45, 2.75) is 78.9 Å². The highest BCUT2D eigenvalue weighted by atomic mass is 16.6. The highest BCUT2D eigenvalue weighted by Crippen LogP contribution is 2.69. The molecule has 1 N–H and O–H groups in total. The van der Waals surface area contributed by atoms with E-state index in [-0.39, 0.29) is 11.3 Å². The molecule has 6 atom stereocenters. The summed E-state index contributed by atoms with van der Waals surface area (Å²) in [5.41, 5.74) is 2.88. The van der Waals surface area contributed by atoms with Crippen LogP contribution in [0.5, 0.6) is 0 Å². The topological polar surface area (TPSA) is 46.5 Å². The van der Waals surface area contributed by atoms with Crippen molar-refractivity contribution in [1.29, 1.82) is 0 Å². The average Bonchev–Trinajstić information content (AvgIpc) is 2.90. The first-order chi connectivity index (χ1) is 13.1. The Balaban J connectivity index is 1.66. The lowest BCUT2D eigenvalue weighted by Gasteiger charge is -2.65. The van der Waals surface area contributed by atoms with Crippen LogP contribution in [0, 0.1) is 34.0 Å². The summed E-state index contributed by atoms with van der Waals surface area (Å²) in [7, 11) is 0. The number of carbonyl (C=O) groups is 1. The number of hydrogen-bond donors (Lipinski definition) is 1. The van der Waals surface area contributed by atoms with Crippen LogP contribution in [0.25, 0.3) is 0 Å². The Labute approximate surface area is 169 Å². The molecule has 1 aliphatic heterocycles. The molecule has 0 amide bonds. The zero-order valence-electron chi connectivity index (χ0n) is 18.0. The van der Waals surface area contributed by atoms with Gasteiger partial charge in [-0.3, -0.25) is 0 Å². The lowest BCUT2D eigenvalue weighted by atomic mass is 9.39. The van der Waals surface area contributed by atoms with E-state index in [9.17, 15) is 9.90 Å². The van der Waals surface area contributed by atoms with Crippen LogP contribution in [0.4, 0.5) is 0 Å². The second-order valence-electron chi connectivity index (χ2n) is 11.0. The Morgan fingerprint density at radius 2 is 1.86 bits per heavy atom. The third kappa shape index (κ3) is 2.93. The highest BCUT2D eigenvalue weighted by Gasteiger charge is 2.60. The number of aliphatic hydroxyl groups is 1. The molecule has 4 aliphatic rings. The number of fused-ring (bicyclic) bond motifs is 3. The van der Waals surface area contributed by atoms with Gasteiger partial charge in [0.05, 0.1) is 0 Å². The quantitative estimate of drug-likeness (QED) is 0.501. The normalized spacial score (nSPS) is 45.4. The zero-order chi connectivity index (χ0) is 20.3. The fourth-order valence-corrected chi connectivity index (χ4v) is 7.78. The second kappa shape index (κ2) is 6.58. The Kier molecular flexibility index (Phi) is 4.69. The number of hydrogen-bond acceptors (Lipinski definition) is 3. The summed E-state index contributed by atoms with van der Waals surface area (Å²) in [6, 6.07) is 0. The van der Waals surface area contributed by atoms with Gasteiger partial charge in [-0.1, -0.05) is 58.4 Å². The van der Waals surface area contributed by atoms with Gasteiger partial charge in [-0.2, -0.15) is 0 Å². The molecule has 154 valence electrons. The summed E-state index contributed by atoms with van der Waals surface area (Å²) in [5, 5.41) is 9.92. The number of aliphatic hydroxyl groups excluding tert-OH is 1. The average molecular weight is 385 g/mol. The SMILES string of the molecule is C=C1CC[C@H]2[C@@](C)(CC[C@H]3C(C)(C)CCC[C@]23C)[C@@H]1/C=C/C1=CC(=O)O[C@@H]1O. The molecular formula is C25H36O3. The van der Waals surface area contributed by atoms with Crippen molar-refractivity contribution in [1.82, 2.24) is 0 Å². The van der Waals surface area contributed by atoms with E-state index < -0.39 is 12.3 Å². The zero-order valence-corrected chi connectivity index (χ0v) is 18.0. The maximum Gasteiger partial charge on any atom is 0.333 e. The van der Waals surface area contributed by atoms with Gasteiger partial charge in [-0.05, 0) is 66.6 Å². The number of allylic oxidation sites excluding steroid dienone is 2. The fraction of sp³-hybridized carbons (Fsp3) is 0.720. The lowest BCUT2D eigenvalue weighted by molar-refractivity contribution is -0.151. The van der Waals surface area contributed by atoms with Gasteiger partial charge in [0.25, 0.3) is 0 Å². The molecule has 0 unspecified atom stereocenters. The third-order valence-electron chi connectivity index (χ3n) is 9.02. The predicted molar refractivity (Wildman–Crippen MR) is 111 cm³/mol. The molecule has 0 spiro atoms. The highest BCUT2D eigenvalue weighted by molar-refractivity contribution is 5.86. The van der Waals surface area contributed by atoms with Crippen molar-refractivity contribution in [2.75, 3.05) is 0 Å². The molecule has 0 aromatic heterocycles. The van der Waals surface area contributed by atoms with Gasteiger partial charge < -0.3 is 9.84 Å². The van der Waals surface area contributed by atoms with Crippen LogP contribution in [0.2, 0.25) is 0 Å². The molecule has 3 heteroatoms. The van der Waals surface area contributed by atoms with E-state index in [1.807, 2.05) is 6.08 Å². The molecular weight excluding hydrogens is 348 g/mol. The molecule has 3 nitrogen and oxygen atoms in total. The van der Waals surface area contributed by atoms with Crippen molar-refractivity contribution in [3.8, 4) is 0 Å². The number of ether oxygens (including phenoxy) is 1. The molecule has 0 aromatic rings. The molecule has 0 bridgehead atoms. The molecule has 0 aromatic carbocycles. The maximum atomic E-state index is 11.4. The van der Waals surface area contributed by atoms with Crippen LogP contribution < -0.4 is 0 Å². The maximum absolute atomic E-state index is 11.4. The van der Waals surface area contributed by atoms with E-state index in [4.69, 9.17) is 4.74 Å². The molecule has 3 saturated carbocycles. The number of rotatable bonds is 2. The second-order valence-corrected chi connectivity index (χ2v) is 11.0. The summed E-state index contributed by atoms with van der Waals surface area (Å²) in [4.78, 5) is 11.4. The standard InChI is InChI=1S/C25H36O3/c1-16-7-10-20-24(4,18(16)9-8-17-15-21(26)28-22(17)27)14-11-19-23(2,3)12-6-13-25(19,20)5/h8-9,15,18-20,22,27H,1,6-7,10-14H2,2-5H3/b9-8+/t18-,19+,20+,22+,24+,25+/m1/s1. The van der Waals surface area contributed by atoms with E-state index in [1.165, 1.54) is 50.2 Å². The van der Waals surface area contributed by atoms with Gasteiger partial charge in [0.1, 0.15) is 0 Å². The predicted octanol–water partition coefficient (Wildman–Crippen LogP) is 5.56. The van der Waals surface area contributed by atoms with E-state index in [2.05, 4.69) is 40.3 Å². The van der Waals surface area contributed by atoms with Crippen molar-refractivity contribution < 1.29 is 14.6 Å². The third-order valence-corrected chi connectivity index (χ3v) is 9.02. The van der Waals surface area contributed by atoms with Gasteiger partial charge in [0, 0.05) is 17.6 Å².